The zero-order chi connectivity index (χ0) is 14.3. The minimum absolute atomic E-state index is 0.123. The van der Waals surface area contributed by atoms with Crippen molar-refractivity contribution in [2.24, 2.45) is 5.92 Å². The van der Waals surface area contributed by atoms with E-state index >= 15 is 0 Å². The molecule has 0 amide bonds. The fraction of sp³-hybridized carbons (Fsp3) is 0.600. The topological polar surface area (TPSA) is 30.5 Å². The quantitative estimate of drug-likeness (QED) is 0.735. The molecule has 108 valence electrons. The Kier molecular flexibility index (Phi) is 6.81. The maximum absolute atomic E-state index is 13.8. The lowest BCUT2D eigenvalue weighted by atomic mass is 10.1. The lowest BCUT2D eigenvalue weighted by Gasteiger charge is -2.13. The summed E-state index contributed by atoms with van der Waals surface area (Å²) in [5, 5.41) is 3.07. The van der Waals surface area contributed by atoms with Gasteiger partial charge in [-0.3, -0.25) is 0 Å². The molecule has 1 unspecified atom stereocenters. The molecule has 0 aliphatic heterocycles. The van der Waals surface area contributed by atoms with Gasteiger partial charge in [-0.1, -0.05) is 19.9 Å². The number of benzene rings is 1. The molecule has 0 radical (unpaired) electrons. The van der Waals surface area contributed by atoms with Gasteiger partial charge in [0.2, 0.25) is 0 Å². The van der Waals surface area contributed by atoms with E-state index in [1.807, 2.05) is 20.0 Å². The first-order valence-corrected chi connectivity index (χ1v) is 6.71. The Labute approximate surface area is 115 Å². The average molecular weight is 269 g/mol. The Morgan fingerprint density at radius 2 is 1.95 bits per heavy atom. The first-order valence-electron chi connectivity index (χ1n) is 6.71. The number of ether oxygens (including phenoxy) is 2. The maximum atomic E-state index is 13.8. The molecule has 0 aromatic heterocycles. The van der Waals surface area contributed by atoms with Gasteiger partial charge in [0.15, 0.2) is 11.6 Å². The van der Waals surface area contributed by atoms with E-state index in [9.17, 15) is 4.39 Å². The highest BCUT2D eigenvalue weighted by Crippen LogP contribution is 2.21. The third kappa shape index (κ3) is 5.57. The second-order valence-electron chi connectivity index (χ2n) is 5.02. The predicted octanol–water partition coefficient (Wildman–Crippen LogP) is 3.16. The Hall–Kier alpha value is -1.13. The molecule has 0 aliphatic rings. The van der Waals surface area contributed by atoms with Crippen molar-refractivity contribution in [2.75, 3.05) is 26.9 Å². The fourth-order valence-corrected chi connectivity index (χ4v) is 1.60. The van der Waals surface area contributed by atoms with Gasteiger partial charge < -0.3 is 14.8 Å². The molecule has 0 heterocycles. The Morgan fingerprint density at radius 3 is 2.53 bits per heavy atom. The van der Waals surface area contributed by atoms with E-state index in [0.29, 0.717) is 25.7 Å². The van der Waals surface area contributed by atoms with Gasteiger partial charge in [0.25, 0.3) is 0 Å². The van der Waals surface area contributed by atoms with E-state index < -0.39 is 0 Å². The van der Waals surface area contributed by atoms with Crippen LogP contribution in [0, 0.1) is 11.7 Å². The third-order valence-electron chi connectivity index (χ3n) is 2.83. The molecule has 0 saturated carbocycles. The van der Waals surface area contributed by atoms with E-state index in [-0.39, 0.29) is 17.6 Å². The molecule has 0 fully saturated rings. The summed E-state index contributed by atoms with van der Waals surface area (Å²) in [5.41, 5.74) is 0.906. The van der Waals surface area contributed by atoms with Crippen LogP contribution in [-0.2, 0) is 4.74 Å². The molecule has 1 rings (SSSR count). The number of hydrogen-bond acceptors (Lipinski definition) is 3. The van der Waals surface area contributed by atoms with Crippen LogP contribution in [0.5, 0.6) is 5.75 Å². The number of halogens is 1. The van der Waals surface area contributed by atoms with Gasteiger partial charge in [-0.2, -0.15) is 0 Å². The number of rotatable bonds is 8. The Bertz CT molecular complexity index is 382. The minimum atomic E-state index is -0.330. The molecule has 0 saturated heterocycles. The molecule has 1 aromatic carbocycles. The van der Waals surface area contributed by atoms with Crippen LogP contribution in [0.2, 0.25) is 0 Å². The summed E-state index contributed by atoms with van der Waals surface area (Å²) in [5.74, 6) is 0.447. The van der Waals surface area contributed by atoms with Crippen molar-refractivity contribution in [3.05, 3.63) is 29.6 Å². The molecule has 0 bridgehead atoms. The largest absolute Gasteiger partial charge is 0.488 e. The molecular formula is C15H24FNO2. The average Bonchev–Trinajstić information content (AvgIpc) is 2.38. The highest BCUT2D eigenvalue weighted by atomic mass is 19.1. The molecule has 0 spiro atoms. The second-order valence-corrected chi connectivity index (χ2v) is 5.02. The molecule has 1 N–H and O–H groups in total. The molecular weight excluding hydrogens is 245 g/mol. The molecule has 0 aliphatic carbocycles. The van der Waals surface area contributed by atoms with Gasteiger partial charge >= 0.3 is 0 Å². The van der Waals surface area contributed by atoms with Gasteiger partial charge in [-0.15, -0.1) is 0 Å². The maximum Gasteiger partial charge on any atom is 0.165 e. The van der Waals surface area contributed by atoms with Crippen LogP contribution in [0.15, 0.2) is 18.2 Å². The zero-order valence-electron chi connectivity index (χ0n) is 12.2. The smallest absolute Gasteiger partial charge is 0.165 e. The lowest BCUT2D eigenvalue weighted by Crippen LogP contribution is -2.13. The summed E-state index contributed by atoms with van der Waals surface area (Å²) in [6.45, 7) is 7.70. The van der Waals surface area contributed by atoms with Crippen LogP contribution in [0.25, 0.3) is 0 Å². The summed E-state index contributed by atoms with van der Waals surface area (Å²) in [4.78, 5) is 0. The zero-order valence-corrected chi connectivity index (χ0v) is 12.2. The summed E-state index contributed by atoms with van der Waals surface area (Å²) in [6.07, 6.45) is 0. The Morgan fingerprint density at radius 1 is 1.21 bits per heavy atom. The normalized spacial score (nSPS) is 12.7. The fourth-order valence-electron chi connectivity index (χ4n) is 1.60. The van der Waals surface area contributed by atoms with Gasteiger partial charge in [-0.05, 0) is 37.6 Å². The van der Waals surface area contributed by atoms with Gasteiger partial charge in [0.1, 0.15) is 6.61 Å². The van der Waals surface area contributed by atoms with Crippen molar-refractivity contribution >= 4 is 0 Å². The monoisotopic (exact) mass is 269 g/mol. The number of nitrogens with one attached hydrogen (secondary N) is 1. The van der Waals surface area contributed by atoms with E-state index in [4.69, 9.17) is 9.47 Å². The van der Waals surface area contributed by atoms with Crippen LogP contribution >= 0.6 is 0 Å². The van der Waals surface area contributed by atoms with E-state index in [1.165, 1.54) is 6.07 Å². The van der Waals surface area contributed by atoms with E-state index in [0.717, 1.165) is 5.56 Å². The SMILES string of the molecule is CNC(C)c1ccc(OCCOCC(C)C)c(F)c1. The van der Waals surface area contributed by atoms with E-state index in [1.54, 1.807) is 6.07 Å². The van der Waals surface area contributed by atoms with Crippen LogP contribution in [0.4, 0.5) is 4.39 Å². The van der Waals surface area contributed by atoms with Gasteiger partial charge in [-0.25, -0.2) is 4.39 Å². The summed E-state index contributed by atoms with van der Waals surface area (Å²) >= 11 is 0. The van der Waals surface area contributed by atoms with Crippen LogP contribution in [-0.4, -0.2) is 26.9 Å². The summed E-state index contributed by atoms with van der Waals surface area (Å²) in [6, 6.07) is 5.17. The Balaban J connectivity index is 2.42. The van der Waals surface area contributed by atoms with Crippen LogP contribution in [0.1, 0.15) is 32.4 Å². The predicted molar refractivity (Wildman–Crippen MR) is 75.0 cm³/mol. The molecule has 1 aromatic rings. The van der Waals surface area contributed by atoms with Crippen molar-refractivity contribution in [1.29, 1.82) is 0 Å². The van der Waals surface area contributed by atoms with Crippen molar-refractivity contribution in [2.45, 2.75) is 26.8 Å². The van der Waals surface area contributed by atoms with Crippen molar-refractivity contribution < 1.29 is 13.9 Å². The second kappa shape index (κ2) is 8.12. The minimum Gasteiger partial charge on any atom is -0.488 e. The first kappa shape index (κ1) is 15.9. The molecule has 1 atom stereocenters. The van der Waals surface area contributed by atoms with Crippen molar-refractivity contribution in [3.63, 3.8) is 0 Å². The third-order valence-corrected chi connectivity index (χ3v) is 2.83. The van der Waals surface area contributed by atoms with Crippen LogP contribution in [0.3, 0.4) is 0 Å². The van der Waals surface area contributed by atoms with Crippen LogP contribution < -0.4 is 10.1 Å². The lowest BCUT2D eigenvalue weighted by molar-refractivity contribution is 0.0807. The van der Waals surface area contributed by atoms with Gasteiger partial charge in [0, 0.05) is 12.6 Å². The van der Waals surface area contributed by atoms with E-state index in [2.05, 4.69) is 19.2 Å². The highest BCUT2D eigenvalue weighted by molar-refractivity contribution is 5.30. The molecule has 3 nitrogen and oxygen atoms in total. The molecule has 4 heteroatoms. The van der Waals surface area contributed by atoms with Gasteiger partial charge in [0.05, 0.1) is 6.61 Å². The first-order chi connectivity index (χ1) is 9.04. The standard InChI is InChI=1S/C15H24FNO2/c1-11(2)10-18-7-8-19-15-6-5-13(9-14(15)16)12(3)17-4/h5-6,9,11-12,17H,7-8,10H2,1-4H3. The summed E-state index contributed by atoms with van der Waals surface area (Å²) in [7, 11) is 1.85. The summed E-state index contributed by atoms with van der Waals surface area (Å²) < 4.78 is 24.5. The highest BCUT2D eigenvalue weighted by Gasteiger charge is 2.08. The number of hydrogen-bond donors (Lipinski definition) is 1. The molecule has 19 heavy (non-hydrogen) atoms. The van der Waals surface area contributed by atoms with Crippen molar-refractivity contribution in [3.8, 4) is 5.75 Å². The van der Waals surface area contributed by atoms with Crippen molar-refractivity contribution in [1.82, 2.24) is 5.32 Å².